The Morgan fingerprint density at radius 3 is 2.11 bits per heavy atom. The smallest absolute Gasteiger partial charge is 0.264 e. The summed E-state index contributed by atoms with van der Waals surface area (Å²) in [6.07, 6.45) is 0. The standard InChI is InChI=1S/C29H34FN3O4S/c1-21-13-9-10-14-23(21)19-32(22(2)28(35)31-29(3,4)5)27(34)20-33(26-18-12-11-17-25(26)30)38(36,37)24-15-7-6-8-16-24/h6-18,22H,19-20H2,1-5H3,(H,31,35). The van der Waals surface area contributed by atoms with Crippen LogP contribution in [0, 0.1) is 12.7 Å². The van der Waals surface area contributed by atoms with Crippen LogP contribution in [0.4, 0.5) is 10.1 Å². The third kappa shape index (κ3) is 6.98. The average Bonchev–Trinajstić information content (AvgIpc) is 2.86. The molecule has 0 aliphatic carbocycles. The summed E-state index contributed by atoms with van der Waals surface area (Å²) >= 11 is 0. The maximum Gasteiger partial charge on any atom is 0.264 e. The summed E-state index contributed by atoms with van der Waals surface area (Å²) in [6.45, 7) is 8.35. The molecule has 0 saturated carbocycles. The van der Waals surface area contributed by atoms with Crippen LogP contribution in [-0.2, 0) is 26.2 Å². The molecular formula is C29H34FN3O4S. The molecule has 3 aromatic rings. The van der Waals surface area contributed by atoms with Crippen LogP contribution in [0.1, 0.15) is 38.8 Å². The van der Waals surface area contributed by atoms with Crippen LogP contribution in [0.3, 0.4) is 0 Å². The van der Waals surface area contributed by atoms with Crippen LogP contribution in [0.15, 0.2) is 83.8 Å². The largest absolute Gasteiger partial charge is 0.350 e. The summed E-state index contributed by atoms with van der Waals surface area (Å²) in [7, 11) is -4.32. The van der Waals surface area contributed by atoms with E-state index in [1.807, 2.05) is 52.0 Å². The lowest BCUT2D eigenvalue weighted by Gasteiger charge is -2.33. The number of aryl methyl sites for hydroxylation is 1. The fraction of sp³-hybridized carbons (Fsp3) is 0.310. The van der Waals surface area contributed by atoms with E-state index in [1.54, 1.807) is 25.1 Å². The molecule has 0 radical (unpaired) electrons. The zero-order valence-corrected chi connectivity index (χ0v) is 23.1. The number of para-hydroxylation sites is 1. The van der Waals surface area contributed by atoms with Crippen LogP contribution in [-0.4, -0.2) is 43.3 Å². The third-order valence-corrected chi connectivity index (χ3v) is 7.77. The van der Waals surface area contributed by atoms with Crippen molar-refractivity contribution in [2.75, 3.05) is 10.8 Å². The van der Waals surface area contributed by atoms with Crippen molar-refractivity contribution in [3.63, 3.8) is 0 Å². The Morgan fingerprint density at radius 1 is 0.921 bits per heavy atom. The number of nitrogens with one attached hydrogen (secondary N) is 1. The molecule has 3 rings (SSSR count). The number of amides is 2. The minimum absolute atomic E-state index is 0.0702. The summed E-state index contributed by atoms with van der Waals surface area (Å²) in [5.41, 5.74) is 0.919. The van der Waals surface area contributed by atoms with Crippen molar-refractivity contribution in [2.45, 2.75) is 57.6 Å². The van der Waals surface area contributed by atoms with Gasteiger partial charge in [-0.3, -0.25) is 13.9 Å². The van der Waals surface area contributed by atoms with Gasteiger partial charge in [-0.05, 0) is 70.0 Å². The first-order valence-electron chi connectivity index (χ1n) is 12.3. The number of nitrogens with zero attached hydrogens (tertiary/aromatic N) is 2. The van der Waals surface area contributed by atoms with Crippen molar-refractivity contribution in [3.8, 4) is 0 Å². The van der Waals surface area contributed by atoms with Crippen LogP contribution in [0.5, 0.6) is 0 Å². The van der Waals surface area contributed by atoms with Crippen molar-refractivity contribution in [3.05, 3.63) is 95.8 Å². The van der Waals surface area contributed by atoms with Gasteiger partial charge in [0.2, 0.25) is 11.8 Å². The van der Waals surface area contributed by atoms with Gasteiger partial charge in [0.15, 0.2) is 0 Å². The highest BCUT2D eigenvalue weighted by Crippen LogP contribution is 2.27. The summed E-state index contributed by atoms with van der Waals surface area (Å²) in [4.78, 5) is 28.2. The Bertz CT molecular complexity index is 1390. The molecule has 0 heterocycles. The second kappa shape index (κ2) is 11.8. The number of anilines is 1. The van der Waals surface area contributed by atoms with Crippen molar-refractivity contribution in [1.82, 2.24) is 10.2 Å². The van der Waals surface area contributed by atoms with Crippen molar-refractivity contribution < 1.29 is 22.4 Å². The lowest BCUT2D eigenvalue weighted by Crippen LogP contribution is -2.54. The Kier molecular flexibility index (Phi) is 8.93. The first kappa shape index (κ1) is 28.8. The molecule has 3 aromatic carbocycles. The molecule has 0 aromatic heterocycles. The van der Waals surface area contributed by atoms with Crippen LogP contribution < -0.4 is 9.62 Å². The molecule has 0 saturated heterocycles. The molecule has 202 valence electrons. The minimum Gasteiger partial charge on any atom is -0.350 e. The van der Waals surface area contributed by atoms with E-state index in [4.69, 9.17) is 0 Å². The Balaban J connectivity index is 2.05. The lowest BCUT2D eigenvalue weighted by atomic mass is 10.1. The molecule has 0 bridgehead atoms. The van der Waals surface area contributed by atoms with Gasteiger partial charge in [0.1, 0.15) is 18.4 Å². The summed E-state index contributed by atoms with van der Waals surface area (Å²) < 4.78 is 43.0. The Hall–Kier alpha value is -3.72. The van der Waals surface area contributed by atoms with Gasteiger partial charge < -0.3 is 10.2 Å². The average molecular weight is 540 g/mol. The summed E-state index contributed by atoms with van der Waals surface area (Å²) in [5, 5.41) is 2.88. The minimum atomic E-state index is -4.32. The first-order valence-corrected chi connectivity index (χ1v) is 13.7. The molecular weight excluding hydrogens is 505 g/mol. The molecule has 38 heavy (non-hydrogen) atoms. The quantitative estimate of drug-likeness (QED) is 0.429. The van der Waals surface area contributed by atoms with Crippen LogP contribution >= 0.6 is 0 Å². The number of benzene rings is 3. The molecule has 0 spiro atoms. The Morgan fingerprint density at radius 2 is 1.50 bits per heavy atom. The van der Waals surface area contributed by atoms with Gasteiger partial charge in [0, 0.05) is 12.1 Å². The van der Waals surface area contributed by atoms with Gasteiger partial charge in [-0.25, -0.2) is 12.8 Å². The number of hydrogen-bond acceptors (Lipinski definition) is 4. The molecule has 1 unspecified atom stereocenters. The zero-order valence-electron chi connectivity index (χ0n) is 22.3. The van der Waals surface area contributed by atoms with E-state index in [2.05, 4.69) is 5.32 Å². The molecule has 0 aliphatic rings. The SMILES string of the molecule is Cc1ccccc1CN(C(=O)CN(c1ccccc1F)S(=O)(=O)c1ccccc1)C(C)C(=O)NC(C)(C)C. The predicted molar refractivity (Wildman–Crippen MR) is 146 cm³/mol. The summed E-state index contributed by atoms with van der Waals surface area (Å²) in [6, 6.07) is 19.4. The first-order chi connectivity index (χ1) is 17.8. The molecule has 9 heteroatoms. The molecule has 0 aliphatic heterocycles. The highest BCUT2D eigenvalue weighted by atomic mass is 32.2. The van der Waals surface area contributed by atoms with Crippen molar-refractivity contribution in [1.29, 1.82) is 0 Å². The zero-order chi connectivity index (χ0) is 28.1. The second-order valence-electron chi connectivity index (χ2n) is 10.1. The van der Waals surface area contributed by atoms with E-state index < -0.39 is 39.9 Å². The third-order valence-electron chi connectivity index (χ3n) is 6.00. The number of rotatable bonds is 9. The number of halogens is 1. The van der Waals surface area contributed by atoms with Crippen molar-refractivity contribution >= 4 is 27.5 Å². The van der Waals surface area contributed by atoms with E-state index in [9.17, 15) is 22.4 Å². The highest BCUT2D eigenvalue weighted by molar-refractivity contribution is 7.92. The normalized spacial score (nSPS) is 12.5. The molecule has 2 amide bonds. The topological polar surface area (TPSA) is 86.8 Å². The van der Waals surface area contributed by atoms with E-state index in [0.717, 1.165) is 21.5 Å². The molecule has 0 fully saturated rings. The van der Waals surface area contributed by atoms with E-state index >= 15 is 0 Å². The maximum absolute atomic E-state index is 14.9. The fourth-order valence-electron chi connectivity index (χ4n) is 3.91. The number of carbonyl (C=O) groups excluding carboxylic acids is 2. The van der Waals surface area contributed by atoms with Gasteiger partial charge in [0.05, 0.1) is 10.6 Å². The highest BCUT2D eigenvalue weighted by Gasteiger charge is 2.34. The summed E-state index contributed by atoms with van der Waals surface area (Å²) in [5.74, 6) is -1.82. The molecule has 1 N–H and O–H groups in total. The monoisotopic (exact) mass is 539 g/mol. The van der Waals surface area contributed by atoms with Gasteiger partial charge in [0.25, 0.3) is 10.0 Å². The number of hydrogen-bond donors (Lipinski definition) is 1. The number of carbonyl (C=O) groups is 2. The van der Waals surface area contributed by atoms with Crippen LogP contribution in [0.25, 0.3) is 0 Å². The van der Waals surface area contributed by atoms with E-state index in [-0.39, 0.29) is 23.0 Å². The molecule has 7 nitrogen and oxygen atoms in total. The van der Waals surface area contributed by atoms with Gasteiger partial charge in [-0.1, -0.05) is 54.6 Å². The van der Waals surface area contributed by atoms with Crippen molar-refractivity contribution in [2.24, 2.45) is 0 Å². The van der Waals surface area contributed by atoms with Gasteiger partial charge in [-0.2, -0.15) is 0 Å². The predicted octanol–water partition coefficient (Wildman–Crippen LogP) is 4.66. The lowest BCUT2D eigenvalue weighted by molar-refractivity contribution is -0.140. The second-order valence-corrected chi connectivity index (χ2v) is 12.0. The number of sulfonamides is 1. The van der Waals surface area contributed by atoms with Gasteiger partial charge >= 0.3 is 0 Å². The van der Waals surface area contributed by atoms with Crippen LogP contribution in [0.2, 0.25) is 0 Å². The molecule has 1 atom stereocenters. The Labute approximate surface area is 224 Å². The fourth-order valence-corrected chi connectivity index (χ4v) is 5.36. The van der Waals surface area contributed by atoms with E-state index in [0.29, 0.717) is 0 Å². The van der Waals surface area contributed by atoms with E-state index in [1.165, 1.54) is 35.2 Å². The maximum atomic E-state index is 14.9. The van der Waals surface area contributed by atoms with Gasteiger partial charge in [-0.15, -0.1) is 0 Å².